The van der Waals surface area contributed by atoms with Gasteiger partial charge in [-0.05, 0) is 36.2 Å². The number of nitrogens with zero attached hydrogens (tertiary/aromatic N) is 1. The SMILES string of the molecule is COc1cccc(N2C[C@H](C(=O)NCCc3ccc(Cl)cc3)CC2=O)c1. The monoisotopic (exact) mass is 372 g/mol. The van der Waals surface area contributed by atoms with E-state index in [1.165, 1.54) is 0 Å². The summed E-state index contributed by atoms with van der Waals surface area (Å²) in [6.07, 6.45) is 0.952. The minimum atomic E-state index is -0.334. The summed E-state index contributed by atoms with van der Waals surface area (Å²) in [6.45, 7) is 0.920. The second-order valence-corrected chi connectivity index (χ2v) is 6.71. The van der Waals surface area contributed by atoms with Gasteiger partial charge in [0.05, 0.1) is 13.0 Å². The van der Waals surface area contributed by atoms with E-state index in [1.54, 1.807) is 18.1 Å². The van der Waals surface area contributed by atoms with E-state index < -0.39 is 0 Å². The van der Waals surface area contributed by atoms with Gasteiger partial charge in [-0.2, -0.15) is 0 Å². The number of ether oxygens (including phenoxy) is 1. The maximum Gasteiger partial charge on any atom is 0.227 e. The van der Waals surface area contributed by atoms with Crippen LogP contribution in [0.25, 0.3) is 0 Å². The van der Waals surface area contributed by atoms with Crippen LogP contribution in [0.1, 0.15) is 12.0 Å². The Balaban J connectivity index is 1.54. The zero-order chi connectivity index (χ0) is 18.5. The van der Waals surface area contributed by atoms with E-state index in [-0.39, 0.29) is 24.2 Å². The van der Waals surface area contributed by atoms with E-state index >= 15 is 0 Å². The minimum absolute atomic E-state index is 0.0453. The van der Waals surface area contributed by atoms with Crippen LogP contribution in [0, 0.1) is 5.92 Å². The van der Waals surface area contributed by atoms with Crippen LogP contribution >= 0.6 is 11.6 Å². The lowest BCUT2D eigenvalue weighted by Gasteiger charge is -2.17. The summed E-state index contributed by atoms with van der Waals surface area (Å²) in [5, 5.41) is 3.62. The van der Waals surface area contributed by atoms with Crippen molar-refractivity contribution in [1.29, 1.82) is 0 Å². The average molecular weight is 373 g/mol. The Morgan fingerprint density at radius 2 is 2.04 bits per heavy atom. The third-order valence-corrected chi connectivity index (χ3v) is 4.74. The van der Waals surface area contributed by atoms with Crippen molar-refractivity contribution in [2.45, 2.75) is 12.8 Å². The van der Waals surface area contributed by atoms with Gasteiger partial charge in [-0.1, -0.05) is 29.8 Å². The van der Waals surface area contributed by atoms with Crippen LogP contribution in [-0.2, 0) is 16.0 Å². The first-order chi connectivity index (χ1) is 12.6. The second kappa shape index (κ2) is 8.23. The Bertz CT molecular complexity index is 792. The first-order valence-electron chi connectivity index (χ1n) is 8.53. The van der Waals surface area contributed by atoms with Crippen molar-refractivity contribution < 1.29 is 14.3 Å². The molecule has 0 bridgehead atoms. The van der Waals surface area contributed by atoms with Crippen LogP contribution in [0.15, 0.2) is 48.5 Å². The Morgan fingerprint density at radius 1 is 1.27 bits per heavy atom. The van der Waals surface area contributed by atoms with Crippen molar-refractivity contribution in [3.05, 3.63) is 59.1 Å². The number of carbonyl (C=O) groups is 2. The van der Waals surface area contributed by atoms with Crippen molar-refractivity contribution in [3.63, 3.8) is 0 Å². The largest absolute Gasteiger partial charge is 0.497 e. The number of anilines is 1. The highest BCUT2D eigenvalue weighted by molar-refractivity contribution is 6.30. The molecule has 1 N–H and O–H groups in total. The maximum absolute atomic E-state index is 12.4. The van der Waals surface area contributed by atoms with E-state index in [0.29, 0.717) is 23.9 Å². The molecule has 2 aromatic carbocycles. The van der Waals surface area contributed by atoms with Gasteiger partial charge >= 0.3 is 0 Å². The summed E-state index contributed by atoms with van der Waals surface area (Å²) in [6, 6.07) is 14.9. The number of carbonyl (C=O) groups excluding carboxylic acids is 2. The van der Waals surface area contributed by atoms with Gasteiger partial charge in [0.1, 0.15) is 5.75 Å². The second-order valence-electron chi connectivity index (χ2n) is 6.27. The van der Waals surface area contributed by atoms with Gasteiger partial charge in [0.15, 0.2) is 0 Å². The molecule has 0 saturated carbocycles. The average Bonchev–Trinajstić information content (AvgIpc) is 3.05. The topological polar surface area (TPSA) is 58.6 Å². The highest BCUT2D eigenvalue weighted by Gasteiger charge is 2.35. The molecule has 3 rings (SSSR count). The molecule has 0 aromatic heterocycles. The van der Waals surface area contributed by atoms with Gasteiger partial charge in [-0.25, -0.2) is 0 Å². The van der Waals surface area contributed by atoms with Crippen LogP contribution in [0.3, 0.4) is 0 Å². The maximum atomic E-state index is 12.4. The molecule has 1 saturated heterocycles. The molecule has 5 nitrogen and oxygen atoms in total. The molecule has 2 aromatic rings. The third kappa shape index (κ3) is 4.35. The molecule has 1 aliphatic rings. The lowest BCUT2D eigenvalue weighted by Crippen LogP contribution is -2.34. The van der Waals surface area contributed by atoms with Gasteiger partial charge in [0.2, 0.25) is 11.8 Å². The Hall–Kier alpha value is -2.53. The Morgan fingerprint density at radius 3 is 2.77 bits per heavy atom. The van der Waals surface area contributed by atoms with E-state index in [2.05, 4.69) is 5.32 Å². The van der Waals surface area contributed by atoms with E-state index in [4.69, 9.17) is 16.3 Å². The summed E-state index contributed by atoms with van der Waals surface area (Å²) < 4.78 is 5.20. The summed E-state index contributed by atoms with van der Waals surface area (Å²) in [5.41, 5.74) is 1.86. The lowest BCUT2D eigenvalue weighted by molar-refractivity contribution is -0.126. The number of nitrogens with one attached hydrogen (secondary N) is 1. The summed E-state index contributed by atoms with van der Waals surface area (Å²) >= 11 is 5.86. The standard InChI is InChI=1S/C20H21ClN2O3/c1-26-18-4-2-3-17(12-18)23-13-15(11-19(23)24)20(25)22-10-9-14-5-7-16(21)8-6-14/h2-8,12,15H,9-11,13H2,1H3,(H,22,25)/t15-/m1/s1. The van der Waals surface area contributed by atoms with Gasteiger partial charge in [0, 0.05) is 36.3 Å². The van der Waals surface area contributed by atoms with Crippen molar-refractivity contribution in [2.75, 3.05) is 25.1 Å². The van der Waals surface area contributed by atoms with Crippen LogP contribution < -0.4 is 15.0 Å². The highest BCUT2D eigenvalue weighted by atomic mass is 35.5. The summed E-state index contributed by atoms with van der Waals surface area (Å²) in [4.78, 5) is 26.4. The first kappa shape index (κ1) is 18.3. The van der Waals surface area contributed by atoms with Crippen LogP contribution in [0.4, 0.5) is 5.69 Å². The number of halogens is 1. The molecule has 1 heterocycles. The van der Waals surface area contributed by atoms with Crippen molar-refractivity contribution >= 4 is 29.1 Å². The fraction of sp³-hybridized carbons (Fsp3) is 0.300. The molecule has 0 aliphatic carbocycles. The number of hydrogen-bond donors (Lipinski definition) is 1. The normalized spacial score (nSPS) is 16.6. The van der Waals surface area contributed by atoms with Gasteiger partial charge < -0.3 is 15.0 Å². The number of hydrogen-bond acceptors (Lipinski definition) is 3. The van der Waals surface area contributed by atoms with E-state index in [9.17, 15) is 9.59 Å². The molecule has 26 heavy (non-hydrogen) atoms. The molecular weight excluding hydrogens is 352 g/mol. The van der Waals surface area contributed by atoms with Gasteiger partial charge in [-0.15, -0.1) is 0 Å². The molecule has 1 fully saturated rings. The molecule has 0 spiro atoms. The molecule has 136 valence electrons. The van der Waals surface area contributed by atoms with Crippen molar-refractivity contribution in [3.8, 4) is 5.75 Å². The predicted molar refractivity (Wildman–Crippen MR) is 102 cm³/mol. The molecule has 6 heteroatoms. The fourth-order valence-corrected chi connectivity index (χ4v) is 3.16. The molecule has 2 amide bonds. The van der Waals surface area contributed by atoms with Crippen LogP contribution in [-0.4, -0.2) is 32.0 Å². The van der Waals surface area contributed by atoms with Crippen LogP contribution in [0.2, 0.25) is 5.02 Å². The minimum Gasteiger partial charge on any atom is -0.497 e. The molecular formula is C20H21ClN2O3. The number of methoxy groups -OCH3 is 1. The number of rotatable bonds is 6. The van der Waals surface area contributed by atoms with Crippen molar-refractivity contribution in [2.24, 2.45) is 5.92 Å². The van der Waals surface area contributed by atoms with E-state index in [1.807, 2.05) is 42.5 Å². The molecule has 1 aliphatic heterocycles. The number of amides is 2. The summed E-state index contributed by atoms with van der Waals surface area (Å²) in [5.74, 6) is 0.221. The zero-order valence-electron chi connectivity index (χ0n) is 14.6. The Labute approximate surface area is 157 Å². The smallest absolute Gasteiger partial charge is 0.227 e. The van der Waals surface area contributed by atoms with E-state index in [0.717, 1.165) is 17.7 Å². The molecule has 1 atom stereocenters. The molecule has 0 unspecified atom stereocenters. The first-order valence-corrected chi connectivity index (χ1v) is 8.91. The lowest BCUT2D eigenvalue weighted by atomic mass is 10.1. The van der Waals surface area contributed by atoms with Crippen molar-refractivity contribution in [1.82, 2.24) is 5.32 Å². The number of benzene rings is 2. The van der Waals surface area contributed by atoms with Crippen LogP contribution in [0.5, 0.6) is 5.75 Å². The third-order valence-electron chi connectivity index (χ3n) is 4.49. The summed E-state index contributed by atoms with van der Waals surface area (Å²) in [7, 11) is 1.59. The highest BCUT2D eigenvalue weighted by Crippen LogP contribution is 2.27. The predicted octanol–water partition coefficient (Wildman–Crippen LogP) is 3.06. The van der Waals surface area contributed by atoms with Gasteiger partial charge in [-0.3, -0.25) is 9.59 Å². The molecule has 0 radical (unpaired) electrons. The quantitative estimate of drug-likeness (QED) is 0.847. The zero-order valence-corrected chi connectivity index (χ0v) is 15.3. The van der Waals surface area contributed by atoms with Gasteiger partial charge in [0.25, 0.3) is 0 Å². The Kier molecular flexibility index (Phi) is 5.78. The fourth-order valence-electron chi connectivity index (χ4n) is 3.04.